The lowest BCUT2D eigenvalue weighted by Crippen LogP contribution is -2.30. The number of hydrogen-bond donors (Lipinski definition) is 3. The summed E-state index contributed by atoms with van der Waals surface area (Å²) >= 11 is 0. The van der Waals surface area contributed by atoms with E-state index in [1.54, 1.807) is 0 Å². The highest BCUT2D eigenvalue weighted by molar-refractivity contribution is 4.59. The lowest BCUT2D eigenvalue weighted by molar-refractivity contribution is 0.147. The van der Waals surface area contributed by atoms with E-state index in [2.05, 4.69) is 6.92 Å². The third kappa shape index (κ3) is 9.80. The molecule has 0 aromatic heterocycles. The van der Waals surface area contributed by atoms with E-state index in [4.69, 9.17) is 11.5 Å². The van der Waals surface area contributed by atoms with E-state index in [0.29, 0.717) is 0 Å². The fourth-order valence-corrected chi connectivity index (χ4v) is 1.36. The van der Waals surface area contributed by atoms with Gasteiger partial charge in [0.1, 0.15) is 0 Å². The Morgan fingerprint density at radius 1 is 1.00 bits per heavy atom. The molecule has 0 aliphatic heterocycles. The molecule has 3 nitrogen and oxygen atoms in total. The van der Waals surface area contributed by atoms with Crippen molar-refractivity contribution in [1.82, 2.24) is 0 Å². The average Bonchev–Trinajstić information content (AvgIpc) is 2.04. The summed E-state index contributed by atoms with van der Waals surface area (Å²) in [6, 6.07) is 0. The first-order valence-corrected chi connectivity index (χ1v) is 5.36. The molecule has 0 aliphatic rings. The van der Waals surface area contributed by atoms with Gasteiger partial charge in [0.2, 0.25) is 0 Å². The molecule has 5 N–H and O–H groups in total. The minimum Gasteiger partial charge on any atom is -0.393 e. The summed E-state index contributed by atoms with van der Waals surface area (Å²) < 4.78 is 0. The first-order valence-electron chi connectivity index (χ1n) is 5.36. The van der Waals surface area contributed by atoms with Gasteiger partial charge in [-0.2, -0.15) is 0 Å². The molecule has 1 unspecified atom stereocenters. The van der Waals surface area contributed by atoms with E-state index in [1.165, 1.54) is 12.8 Å². The van der Waals surface area contributed by atoms with Crippen molar-refractivity contribution in [1.29, 1.82) is 0 Å². The highest BCUT2D eigenvalue weighted by Gasteiger charge is 2.03. The zero-order valence-corrected chi connectivity index (χ0v) is 8.71. The van der Waals surface area contributed by atoms with Crippen molar-refractivity contribution < 1.29 is 5.11 Å². The zero-order chi connectivity index (χ0) is 10.1. The standard InChI is InChI=1S/C10H24N2O/c1-2-3-4-6-9(13)7-5-8-10(11)12/h9-10,13H,2-8,11-12H2,1H3. The van der Waals surface area contributed by atoms with E-state index in [9.17, 15) is 5.11 Å². The maximum atomic E-state index is 9.51. The number of aliphatic hydroxyl groups excluding tert-OH is 1. The van der Waals surface area contributed by atoms with E-state index in [-0.39, 0.29) is 12.3 Å². The molecule has 1 atom stereocenters. The highest BCUT2D eigenvalue weighted by Crippen LogP contribution is 2.09. The fourth-order valence-electron chi connectivity index (χ4n) is 1.36. The van der Waals surface area contributed by atoms with Gasteiger partial charge in [0.05, 0.1) is 12.3 Å². The molecule has 0 aromatic carbocycles. The second kappa shape index (κ2) is 8.48. The summed E-state index contributed by atoms with van der Waals surface area (Å²) in [5.41, 5.74) is 10.8. The van der Waals surface area contributed by atoms with Crippen molar-refractivity contribution in [3.63, 3.8) is 0 Å². The highest BCUT2D eigenvalue weighted by atomic mass is 16.3. The molecule has 3 heteroatoms. The molecule has 0 rings (SSSR count). The van der Waals surface area contributed by atoms with E-state index < -0.39 is 0 Å². The third-order valence-electron chi connectivity index (χ3n) is 2.22. The van der Waals surface area contributed by atoms with Gasteiger partial charge in [0.25, 0.3) is 0 Å². The predicted octanol–water partition coefficient (Wildman–Crippen LogP) is 1.34. The van der Waals surface area contributed by atoms with Gasteiger partial charge in [0, 0.05) is 0 Å². The van der Waals surface area contributed by atoms with Crippen LogP contribution in [0.2, 0.25) is 0 Å². The van der Waals surface area contributed by atoms with Crippen LogP contribution in [0.4, 0.5) is 0 Å². The van der Waals surface area contributed by atoms with Gasteiger partial charge in [-0.25, -0.2) is 0 Å². The molecule has 0 spiro atoms. The van der Waals surface area contributed by atoms with Crippen LogP contribution in [0.25, 0.3) is 0 Å². The summed E-state index contributed by atoms with van der Waals surface area (Å²) in [5.74, 6) is 0. The Kier molecular flexibility index (Phi) is 8.40. The third-order valence-corrected chi connectivity index (χ3v) is 2.22. The number of hydrogen-bond acceptors (Lipinski definition) is 3. The normalized spacial score (nSPS) is 13.6. The zero-order valence-electron chi connectivity index (χ0n) is 8.71. The smallest absolute Gasteiger partial charge is 0.0540 e. The molecule has 80 valence electrons. The van der Waals surface area contributed by atoms with E-state index >= 15 is 0 Å². The van der Waals surface area contributed by atoms with Crippen LogP contribution in [0, 0.1) is 0 Å². The van der Waals surface area contributed by atoms with Gasteiger partial charge >= 0.3 is 0 Å². The molecule has 0 amide bonds. The summed E-state index contributed by atoms with van der Waals surface area (Å²) in [7, 11) is 0. The Balaban J connectivity index is 3.15. The van der Waals surface area contributed by atoms with Gasteiger partial charge < -0.3 is 16.6 Å². The van der Waals surface area contributed by atoms with Crippen LogP contribution in [0.5, 0.6) is 0 Å². The van der Waals surface area contributed by atoms with Crippen molar-refractivity contribution in [3.8, 4) is 0 Å². The van der Waals surface area contributed by atoms with Crippen LogP contribution in [0.1, 0.15) is 51.9 Å². The molecular weight excluding hydrogens is 164 g/mol. The van der Waals surface area contributed by atoms with Gasteiger partial charge in [-0.1, -0.05) is 26.2 Å². The Bertz CT molecular complexity index is 107. The second-order valence-electron chi connectivity index (χ2n) is 3.74. The molecule has 0 radical (unpaired) electrons. The molecular formula is C10H24N2O. The van der Waals surface area contributed by atoms with Crippen molar-refractivity contribution in [2.45, 2.75) is 64.1 Å². The van der Waals surface area contributed by atoms with Gasteiger partial charge in [-0.05, 0) is 25.7 Å². The quantitative estimate of drug-likeness (QED) is 0.397. The molecule has 13 heavy (non-hydrogen) atoms. The summed E-state index contributed by atoms with van der Waals surface area (Å²) in [4.78, 5) is 0. The molecule has 0 bridgehead atoms. The summed E-state index contributed by atoms with van der Waals surface area (Å²) in [5, 5.41) is 9.51. The van der Waals surface area contributed by atoms with Crippen molar-refractivity contribution in [2.24, 2.45) is 11.5 Å². The second-order valence-corrected chi connectivity index (χ2v) is 3.74. The van der Waals surface area contributed by atoms with Crippen molar-refractivity contribution in [2.75, 3.05) is 0 Å². The van der Waals surface area contributed by atoms with Crippen LogP contribution < -0.4 is 11.5 Å². The maximum Gasteiger partial charge on any atom is 0.0540 e. The minimum absolute atomic E-state index is 0.148. The summed E-state index contributed by atoms with van der Waals surface area (Å²) in [6.45, 7) is 2.17. The monoisotopic (exact) mass is 188 g/mol. The number of rotatable bonds is 8. The lowest BCUT2D eigenvalue weighted by atomic mass is 10.0. The Morgan fingerprint density at radius 2 is 1.62 bits per heavy atom. The molecule has 0 heterocycles. The number of nitrogens with two attached hydrogens (primary N) is 2. The van der Waals surface area contributed by atoms with E-state index in [0.717, 1.165) is 32.1 Å². The van der Waals surface area contributed by atoms with Crippen LogP contribution in [0.15, 0.2) is 0 Å². The van der Waals surface area contributed by atoms with Crippen molar-refractivity contribution in [3.05, 3.63) is 0 Å². The Hall–Kier alpha value is -0.120. The molecule has 0 aliphatic carbocycles. The van der Waals surface area contributed by atoms with Crippen LogP contribution in [-0.4, -0.2) is 17.4 Å². The predicted molar refractivity (Wildman–Crippen MR) is 56.2 cm³/mol. The Labute approximate surface area is 81.5 Å². The van der Waals surface area contributed by atoms with E-state index in [1.807, 2.05) is 0 Å². The lowest BCUT2D eigenvalue weighted by Gasteiger charge is -2.10. The maximum absolute atomic E-state index is 9.51. The van der Waals surface area contributed by atoms with Crippen LogP contribution >= 0.6 is 0 Å². The van der Waals surface area contributed by atoms with Crippen molar-refractivity contribution >= 4 is 0 Å². The van der Waals surface area contributed by atoms with Gasteiger partial charge in [0.15, 0.2) is 0 Å². The summed E-state index contributed by atoms with van der Waals surface area (Å²) in [6.07, 6.45) is 6.70. The first-order chi connectivity index (χ1) is 6.16. The van der Waals surface area contributed by atoms with Gasteiger partial charge in [-0.3, -0.25) is 0 Å². The van der Waals surface area contributed by atoms with Crippen LogP contribution in [0.3, 0.4) is 0 Å². The largest absolute Gasteiger partial charge is 0.393 e. The topological polar surface area (TPSA) is 72.3 Å². The molecule has 0 aromatic rings. The molecule has 0 saturated carbocycles. The van der Waals surface area contributed by atoms with Gasteiger partial charge in [-0.15, -0.1) is 0 Å². The SMILES string of the molecule is CCCCCC(O)CCCC(N)N. The Morgan fingerprint density at radius 3 is 2.15 bits per heavy atom. The van der Waals surface area contributed by atoms with Crippen LogP contribution in [-0.2, 0) is 0 Å². The first kappa shape index (κ1) is 12.9. The minimum atomic E-state index is -0.220. The fraction of sp³-hybridized carbons (Fsp3) is 1.00. The number of unbranched alkanes of at least 4 members (excludes halogenated alkanes) is 2. The number of aliphatic hydroxyl groups is 1. The molecule has 0 fully saturated rings. The molecule has 0 saturated heterocycles. The average molecular weight is 188 g/mol.